The van der Waals surface area contributed by atoms with Crippen LogP contribution in [0.1, 0.15) is 51.0 Å². The molecular weight excluding hydrogens is 162 g/mol. The van der Waals surface area contributed by atoms with Crippen molar-refractivity contribution in [2.24, 2.45) is 0 Å². The van der Waals surface area contributed by atoms with Crippen molar-refractivity contribution < 1.29 is 0 Å². The molecule has 0 fully saturated rings. The molecule has 0 amide bonds. The maximum Gasteiger partial charge on any atom is 0.0828 e. The Bertz CT molecular complexity index is 263. The molecule has 1 rings (SSSR count). The number of unbranched alkanes of at least 4 members (excludes halogenated alkanes) is 1. The lowest BCUT2D eigenvalue weighted by Crippen LogP contribution is -2.08. The van der Waals surface area contributed by atoms with Gasteiger partial charge in [-0.25, -0.2) is 4.68 Å². The van der Waals surface area contributed by atoms with Crippen LogP contribution >= 0.6 is 0 Å². The van der Waals surface area contributed by atoms with E-state index in [0.29, 0.717) is 6.04 Å². The third-order valence-corrected chi connectivity index (χ3v) is 2.24. The van der Waals surface area contributed by atoms with Gasteiger partial charge in [0.15, 0.2) is 0 Å². The summed E-state index contributed by atoms with van der Waals surface area (Å²) < 4.78 is 2.03. The Morgan fingerprint density at radius 3 is 2.62 bits per heavy atom. The van der Waals surface area contributed by atoms with Gasteiger partial charge in [-0.1, -0.05) is 18.6 Å². The van der Waals surface area contributed by atoms with Crippen molar-refractivity contribution in [3.63, 3.8) is 0 Å². The molecule has 1 aromatic heterocycles. The van der Waals surface area contributed by atoms with E-state index >= 15 is 0 Å². The normalized spacial score (nSPS) is 11.2. The molecule has 0 aliphatic heterocycles. The highest BCUT2D eigenvalue weighted by Crippen LogP contribution is 2.13. The van der Waals surface area contributed by atoms with Gasteiger partial charge in [0.1, 0.15) is 0 Å². The maximum absolute atomic E-state index is 4.13. The molecule has 0 aliphatic carbocycles. The van der Waals surface area contributed by atoms with Crippen LogP contribution in [-0.2, 0) is 6.42 Å². The first kappa shape index (κ1) is 10.2. The van der Waals surface area contributed by atoms with Crippen molar-refractivity contribution in [3.05, 3.63) is 11.4 Å². The van der Waals surface area contributed by atoms with Crippen LogP contribution in [-0.4, -0.2) is 15.0 Å². The van der Waals surface area contributed by atoms with E-state index in [1.54, 1.807) is 0 Å². The molecular formula is C10H19N3. The summed E-state index contributed by atoms with van der Waals surface area (Å²) in [5, 5.41) is 8.24. The van der Waals surface area contributed by atoms with Crippen molar-refractivity contribution >= 4 is 0 Å². The minimum absolute atomic E-state index is 0.424. The predicted molar refractivity (Wildman–Crippen MR) is 53.8 cm³/mol. The molecule has 0 N–H and O–H groups in total. The van der Waals surface area contributed by atoms with Crippen LogP contribution in [0, 0.1) is 6.92 Å². The highest BCUT2D eigenvalue weighted by molar-refractivity contribution is 5.08. The average molecular weight is 181 g/mol. The zero-order valence-electron chi connectivity index (χ0n) is 9.04. The van der Waals surface area contributed by atoms with Crippen LogP contribution in [0.15, 0.2) is 0 Å². The van der Waals surface area contributed by atoms with Gasteiger partial charge in [0, 0.05) is 6.04 Å². The fourth-order valence-corrected chi connectivity index (χ4v) is 1.45. The Hall–Kier alpha value is -0.860. The van der Waals surface area contributed by atoms with Crippen molar-refractivity contribution in [3.8, 4) is 0 Å². The number of aryl methyl sites for hydroxylation is 1. The van der Waals surface area contributed by atoms with E-state index in [9.17, 15) is 0 Å². The number of hydrogen-bond acceptors (Lipinski definition) is 2. The fraction of sp³-hybridized carbons (Fsp3) is 0.800. The highest BCUT2D eigenvalue weighted by atomic mass is 15.4. The van der Waals surface area contributed by atoms with E-state index in [2.05, 4.69) is 31.1 Å². The molecule has 0 unspecified atom stereocenters. The first-order valence-corrected chi connectivity index (χ1v) is 5.07. The van der Waals surface area contributed by atoms with Gasteiger partial charge in [0.2, 0.25) is 0 Å². The smallest absolute Gasteiger partial charge is 0.0828 e. The van der Waals surface area contributed by atoms with Crippen LogP contribution in [0.2, 0.25) is 0 Å². The zero-order chi connectivity index (χ0) is 9.84. The molecule has 0 spiro atoms. The quantitative estimate of drug-likeness (QED) is 0.714. The molecule has 1 heterocycles. The number of hydrogen-bond donors (Lipinski definition) is 0. The molecule has 0 aliphatic rings. The maximum atomic E-state index is 4.13. The lowest BCUT2D eigenvalue weighted by molar-refractivity contribution is 0.490. The largest absolute Gasteiger partial charge is 0.247 e. The second kappa shape index (κ2) is 4.40. The highest BCUT2D eigenvalue weighted by Gasteiger charge is 2.10. The summed E-state index contributed by atoms with van der Waals surface area (Å²) in [5.74, 6) is 0. The monoisotopic (exact) mass is 181 g/mol. The lowest BCUT2D eigenvalue weighted by Gasteiger charge is -2.09. The first-order valence-electron chi connectivity index (χ1n) is 5.07. The van der Waals surface area contributed by atoms with Crippen LogP contribution in [0.3, 0.4) is 0 Å². The number of nitrogens with zero attached hydrogens (tertiary/aromatic N) is 3. The third kappa shape index (κ3) is 2.29. The molecule has 0 saturated carbocycles. The number of rotatable bonds is 4. The van der Waals surface area contributed by atoms with Crippen molar-refractivity contribution in [2.75, 3.05) is 0 Å². The van der Waals surface area contributed by atoms with E-state index in [-0.39, 0.29) is 0 Å². The van der Waals surface area contributed by atoms with Gasteiger partial charge < -0.3 is 0 Å². The molecule has 0 saturated heterocycles. The van der Waals surface area contributed by atoms with Gasteiger partial charge in [-0.05, 0) is 33.6 Å². The third-order valence-electron chi connectivity index (χ3n) is 2.24. The molecule has 0 aromatic carbocycles. The Kier molecular flexibility index (Phi) is 3.46. The van der Waals surface area contributed by atoms with E-state index < -0.39 is 0 Å². The molecule has 0 radical (unpaired) electrons. The second-order valence-corrected chi connectivity index (χ2v) is 3.76. The Balaban J connectivity index is 2.82. The van der Waals surface area contributed by atoms with Crippen molar-refractivity contribution in [2.45, 2.75) is 53.0 Å². The summed E-state index contributed by atoms with van der Waals surface area (Å²) in [5.41, 5.74) is 2.39. The van der Waals surface area contributed by atoms with E-state index in [4.69, 9.17) is 0 Å². The topological polar surface area (TPSA) is 30.7 Å². The summed E-state index contributed by atoms with van der Waals surface area (Å²) in [6.07, 6.45) is 3.55. The van der Waals surface area contributed by atoms with Gasteiger partial charge in [-0.2, -0.15) is 0 Å². The zero-order valence-corrected chi connectivity index (χ0v) is 9.04. The van der Waals surface area contributed by atoms with Gasteiger partial charge in [0.25, 0.3) is 0 Å². The minimum Gasteiger partial charge on any atom is -0.247 e. The van der Waals surface area contributed by atoms with Gasteiger partial charge >= 0.3 is 0 Å². The van der Waals surface area contributed by atoms with Gasteiger partial charge in [0.05, 0.1) is 11.4 Å². The summed E-state index contributed by atoms with van der Waals surface area (Å²) in [7, 11) is 0. The molecule has 0 atom stereocenters. The summed E-state index contributed by atoms with van der Waals surface area (Å²) in [6.45, 7) is 8.53. The number of aromatic nitrogens is 3. The molecule has 3 heteroatoms. The molecule has 0 bridgehead atoms. The molecule has 3 nitrogen and oxygen atoms in total. The Morgan fingerprint density at radius 1 is 1.38 bits per heavy atom. The fourth-order valence-electron chi connectivity index (χ4n) is 1.45. The lowest BCUT2D eigenvalue weighted by atomic mass is 10.1. The Labute approximate surface area is 80.1 Å². The first-order chi connectivity index (χ1) is 6.16. The average Bonchev–Trinajstić information content (AvgIpc) is 2.43. The van der Waals surface area contributed by atoms with Crippen molar-refractivity contribution in [1.29, 1.82) is 0 Å². The van der Waals surface area contributed by atoms with Crippen LogP contribution in [0.25, 0.3) is 0 Å². The van der Waals surface area contributed by atoms with E-state index in [1.165, 1.54) is 18.5 Å². The summed E-state index contributed by atoms with van der Waals surface area (Å²) in [4.78, 5) is 0. The standard InChI is InChI=1S/C10H19N3/c1-5-6-7-10-9(4)11-12-13(10)8(2)3/h8H,5-7H2,1-4H3. The van der Waals surface area contributed by atoms with Crippen molar-refractivity contribution in [1.82, 2.24) is 15.0 Å². The van der Waals surface area contributed by atoms with Crippen LogP contribution in [0.4, 0.5) is 0 Å². The molecule has 74 valence electrons. The summed E-state index contributed by atoms with van der Waals surface area (Å²) in [6, 6.07) is 0.424. The van der Waals surface area contributed by atoms with E-state index in [1.807, 2.05) is 11.6 Å². The van der Waals surface area contributed by atoms with Gasteiger partial charge in [-0.15, -0.1) is 5.10 Å². The molecule has 1 aromatic rings. The minimum atomic E-state index is 0.424. The Morgan fingerprint density at radius 2 is 2.08 bits per heavy atom. The molecule has 13 heavy (non-hydrogen) atoms. The van der Waals surface area contributed by atoms with Crippen LogP contribution < -0.4 is 0 Å². The van der Waals surface area contributed by atoms with Gasteiger partial charge in [-0.3, -0.25) is 0 Å². The van der Waals surface area contributed by atoms with Crippen LogP contribution in [0.5, 0.6) is 0 Å². The van der Waals surface area contributed by atoms with E-state index in [0.717, 1.165) is 12.1 Å². The predicted octanol–water partition coefficient (Wildman–Crippen LogP) is 2.51. The second-order valence-electron chi connectivity index (χ2n) is 3.76. The SMILES string of the molecule is CCCCc1c(C)nnn1C(C)C. The summed E-state index contributed by atoms with van der Waals surface area (Å²) >= 11 is 0.